The summed E-state index contributed by atoms with van der Waals surface area (Å²) in [7, 11) is 0. The Morgan fingerprint density at radius 2 is 1.95 bits per heavy atom. The molecule has 0 spiro atoms. The molecule has 100 valence electrons. The summed E-state index contributed by atoms with van der Waals surface area (Å²) in [6.07, 6.45) is 3.28. The molecule has 1 aliphatic rings. The number of rotatable bonds is 2. The van der Waals surface area contributed by atoms with Crippen molar-refractivity contribution in [3.63, 3.8) is 0 Å². The molecule has 3 rings (SSSR count). The summed E-state index contributed by atoms with van der Waals surface area (Å²) in [6.45, 7) is 1.65. The standard InChI is InChI=1S/C13H15N3O3/c17-12(18)9-4-5-10-11(8-9)16(13(19)14-10)15-6-2-1-3-7-15/h4-5,8H,1-3,6-7H2,(H,14,19)(H,17,18). The maximum Gasteiger partial charge on any atom is 0.345 e. The molecule has 1 fully saturated rings. The van der Waals surface area contributed by atoms with Crippen LogP contribution in [0.15, 0.2) is 23.0 Å². The molecule has 0 aliphatic carbocycles. The minimum atomic E-state index is -0.985. The number of carbonyl (C=O) groups is 1. The Labute approximate surface area is 109 Å². The maximum atomic E-state index is 12.0. The van der Waals surface area contributed by atoms with Crippen LogP contribution in [0, 0.1) is 0 Å². The van der Waals surface area contributed by atoms with Crippen molar-refractivity contribution >= 4 is 17.0 Å². The van der Waals surface area contributed by atoms with E-state index in [4.69, 9.17) is 5.11 Å². The number of aromatic nitrogens is 2. The molecule has 2 aromatic rings. The van der Waals surface area contributed by atoms with Crippen LogP contribution in [0.3, 0.4) is 0 Å². The fraction of sp³-hybridized carbons (Fsp3) is 0.385. The van der Waals surface area contributed by atoms with E-state index in [0.717, 1.165) is 25.9 Å². The van der Waals surface area contributed by atoms with Crippen molar-refractivity contribution in [2.75, 3.05) is 18.1 Å². The SMILES string of the molecule is O=C(O)c1ccc2[nH]c(=O)n(N3CCCCC3)c2c1. The summed E-state index contributed by atoms with van der Waals surface area (Å²) in [4.78, 5) is 25.8. The minimum absolute atomic E-state index is 0.192. The molecule has 19 heavy (non-hydrogen) atoms. The van der Waals surface area contributed by atoms with Gasteiger partial charge in [0.1, 0.15) is 0 Å². The van der Waals surface area contributed by atoms with Crippen molar-refractivity contribution in [2.24, 2.45) is 0 Å². The van der Waals surface area contributed by atoms with E-state index >= 15 is 0 Å². The normalized spacial score (nSPS) is 15.9. The van der Waals surface area contributed by atoms with E-state index in [0.29, 0.717) is 11.0 Å². The smallest absolute Gasteiger partial charge is 0.345 e. The van der Waals surface area contributed by atoms with Gasteiger partial charge in [-0.15, -0.1) is 0 Å². The second kappa shape index (κ2) is 4.46. The van der Waals surface area contributed by atoms with Gasteiger partial charge in [0.2, 0.25) is 0 Å². The van der Waals surface area contributed by atoms with Crippen LogP contribution in [0.4, 0.5) is 0 Å². The number of aromatic amines is 1. The number of nitrogens with zero attached hydrogens (tertiary/aromatic N) is 2. The van der Waals surface area contributed by atoms with Gasteiger partial charge in [0, 0.05) is 13.1 Å². The number of fused-ring (bicyclic) bond motifs is 1. The summed E-state index contributed by atoms with van der Waals surface area (Å²) in [5.74, 6) is -0.985. The maximum absolute atomic E-state index is 12.0. The lowest BCUT2D eigenvalue weighted by Gasteiger charge is -2.29. The minimum Gasteiger partial charge on any atom is -0.478 e. The average molecular weight is 261 g/mol. The first-order valence-electron chi connectivity index (χ1n) is 6.40. The van der Waals surface area contributed by atoms with Crippen LogP contribution in [-0.4, -0.2) is 33.8 Å². The van der Waals surface area contributed by atoms with Gasteiger partial charge in [0.25, 0.3) is 0 Å². The number of nitrogens with one attached hydrogen (secondary N) is 1. The van der Waals surface area contributed by atoms with Crippen LogP contribution in [0.1, 0.15) is 29.6 Å². The molecule has 6 nitrogen and oxygen atoms in total. The molecule has 0 saturated carbocycles. The predicted molar refractivity (Wildman–Crippen MR) is 71.3 cm³/mol. The Morgan fingerprint density at radius 3 is 2.63 bits per heavy atom. The zero-order valence-corrected chi connectivity index (χ0v) is 10.4. The van der Waals surface area contributed by atoms with Gasteiger partial charge in [-0.1, -0.05) is 0 Å². The van der Waals surface area contributed by atoms with Gasteiger partial charge in [-0.2, -0.15) is 0 Å². The predicted octanol–water partition coefficient (Wildman–Crippen LogP) is 1.15. The molecule has 2 N–H and O–H groups in total. The number of H-pyrrole nitrogens is 1. The molecule has 0 radical (unpaired) electrons. The number of piperidine rings is 1. The third-order valence-corrected chi connectivity index (χ3v) is 3.52. The Morgan fingerprint density at radius 1 is 1.21 bits per heavy atom. The Hall–Kier alpha value is -2.24. The third-order valence-electron chi connectivity index (χ3n) is 3.52. The van der Waals surface area contributed by atoms with Crippen molar-refractivity contribution in [3.05, 3.63) is 34.2 Å². The van der Waals surface area contributed by atoms with Gasteiger partial charge in [-0.3, -0.25) is 0 Å². The van der Waals surface area contributed by atoms with Gasteiger partial charge in [0.05, 0.1) is 16.6 Å². The van der Waals surface area contributed by atoms with Crippen LogP contribution in [0.5, 0.6) is 0 Å². The molecule has 1 aromatic heterocycles. The lowest BCUT2D eigenvalue weighted by atomic mass is 10.1. The topological polar surface area (TPSA) is 78.3 Å². The number of carboxylic acid groups (broad SMARTS) is 1. The highest BCUT2D eigenvalue weighted by atomic mass is 16.4. The molecule has 1 aliphatic heterocycles. The highest BCUT2D eigenvalue weighted by Gasteiger charge is 2.17. The molecule has 0 unspecified atom stereocenters. The van der Waals surface area contributed by atoms with Crippen LogP contribution < -0.4 is 10.7 Å². The molecular weight excluding hydrogens is 246 g/mol. The molecule has 6 heteroatoms. The second-order valence-electron chi connectivity index (χ2n) is 4.79. The van der Waals surface area contributed by atoms with Gasteiger partial charge in [-0.25, -0.2) is 14.3 Å². The van der Waals surface area contributed by atoms with E-state index in [-0.39, 0.29) is 11.3 Å². The Bertz CT molecular complexity index is 680. The monoisotopic (exact) mass is 261 g/mol. The summed E-state index contributed by atoms with van der Waals surface area (Å²) in [5, 5.41) is 11.0. The number of benzene rings is 1. The van der Waals surface area contributed by atoms with E-state index in [2.05, 4.69) is 4.98 Å². The van der Waals surface area contributed by atoms with E-state index in [9.17, 15) is 9.59 Å². The first kappa shape index (κ1) is 11.8. The van der Waals surface area contributed by atoms with Crippen LogP contribution >= 0.6 is 0 Å². The quantitative estimate of drug-likeness (QED) is 0.850. The van der Waals surface area contributed by atoms with Crippen molar-refractivity contribution in [1.82, 2.24) is 9.66 Å². The molecule has 1 saturated heterocycles. The van der Waals surface area contributed by atoms with Gasteiger partial charge < -0.3 is 15.1 Å². The molecule has 0 bridgehead atoms. The highest BCUT2D eigenvalue weighted by molar-refractivity contribution is 5.92. The fourth-order valence-electron chi connectivity index (χ4n) is 2.58. The Kier molecular flexibility index (Phi) is 2.77. The first-order valence-corrected chi connectivity index (χ1v) is 6.40. The van der Waals surface area contributed by atoms with E-state index in [1.807, 2.05) is 5.01 Å². The zero-order chi connectivity index (χ0) is 13.4. The third kappa shape index (κ3) is 1.99. The van der Waals surface area contributed by atoms with Crippen molar-refractivity contribution in [3.8, 4) is 0 Å². The summed E-state index contributed by atoms with van der Waals surface area (Å²) in [6, 6.07) is 4.69. The number of aromatic carboxylic acids is 1. The average Bonchev–Trinajstić information content (AvgIpc) is 2.74. The van der Waals surface area contributed by atoms with Crippen molar-refractivity contribution in [2.45, 2.75) is 19.3 Å². The number of hydrogen-bond acceptors (Lipinski definition) is 3. The number of carboxylic acids is 1. The highest BCUT2D eigenvalue weighted by Crippen LogP contribution is 2.16. The largest absolute Gasteiger partial charge is 0.478 e. The lowest BCUT2D eigenvalue weighted by molar-refractivity contribution is 0.0697. The van der Waals surface area contributed by atoms with Gasteiger partial charge >= 0.3 is 11.7 Å². The molecule has 0 atom stereocenters. The summed E-state index contributed by atoms with van der Waals surface area (Å²) >= 11 is 0. The lowest BCUT2D eigenvalue weighted by Crippen LogP contribution is -2.44. The second-order valence-corrected chi connectivity index (χ2v) is 4.79. The Balaban J connectivity index is 2.16. The van der Waals surface area contributed by atoms with E-state index in [1.54, 1.807) is 16.8 Å². The van der Waals surface area contributed by atoms with Crippen molar-refractivity contribution in [1.29, 1.82) is 0 Å². The number of imidazole rings is 1. The first-order chi connectivity index (χ1) is 9.16. The van der Waals surface area contributed by atoms with Gasteiger partial charge in [-0.05, 0) is 37.5 Å². The zero-order valence-electron chi connectivity index (χ0n) is 10.4. The van der Waals surface area contributed by atoms with Crippen LogP contribution in [0.25, 0.3) is 11.0 Å². The van der Waals surface area contributed by atoms with E-state index in [1.165, 1.54) is 12.5 Å². The molecule has 1 aromatic carbocycles. The van der Waals surface area contributed by atoms with Crippen molar-refractivity contribution < 1.29 is 9.90 Å². The number of hydrogen-bond donors (Lipinski definition) is 2. The molecule has 0 amide bonds. The van der Waals surface area contributed by atoms with E-state index < -0.39 is 5.97 Å². The van der Waals surface area contributed by atoms with Gasteiger partial charge in [0.15, 0.2) is 0 Å². The summed E-state index contributed by atoms with van der Waals surface area (Å²) < 4.78 is 1.57. The fourth-order valence-corrected chi connectivity index (χ4v) is 2.58. The molecule has 2 heterocycles. The molecular formula is C13H15N3O3. The summed E-state index contributed by atoms with van der Waals surface area (Å²) in [5.41, 5.74) is 1.28. The van der Waals surface area contributed by atoms with Crippen LogP contribution in [0.2, 0.25) is 0 Å². The van der Waals surface area contributed by atoms with Crippen LogP contribution in [-0.2, 0) is 0 Å².